The predicted octanol–water partition coefficient (Wildman–Crippen LogP) is 4.29. The van der Waals surface area contributed by atoms with Gasteiger partial charge in [-0.1, -0.05) is 18.2 Å². The van der Waals surface area contributed by atoms with Crippen LogP contribution in [-0.4, -0.2) is 17.3 Å². The first kappa shape index (κ1) is 19.9. The number of rotatable bonds is 5. The van der Waals surface area contributed by atoms with Crippen LogP contribution in [0.4, 0.5) is 0 Å². The van der Waals surface area contributed by atoms with E-state index in [1.807, 2.05) is 49.4 Å². The van der Waals surface area contributed by atoms with Crippen molar-refractivity contribution in [3.8, 4) is 23.4 Å². The molecule has 30 heavy (non-hydrogen) atoms. The van der Waals surface area contributed by atoms with Crippen molar-refractivity contribution in [2.45, 2.75) is 19.4 Å². The fourth-order valence-corrected chi connectivity index (χ4v) is 3.94. The Morgan fingerprint density at radius 2 is 2.07 bits per heavy atom. The molecule has 4 rings (SSSR count). The lowest BCUT2D eigenvalue weighted by atomic mass is 9.83. The molecule has 0 saturated heterocycles. The summed E-state index contributed by atoms with van der Waals surface area (Å²) in [5.41, 5.74) is 9.68. The fourth-order valence-electron chi connectivity index (χ4n) is 3.54. The zero-order valence-electron chi connectivity index (χ0n) is 16.4. The molecule has 0 fully saturated rings. The number of fused-ring (bicyclic) bond motifs is 1. The van der Waals surface area contributed by atoms with Crippen LogP contribution < -0.4 is 19.9 Å². The number of para-hydroxylation sites is 1. The van der Waals surface area contributed by atoms with E-state index in [0.717, 1.165) is 32.6 Å². The van der Waals surface area contributed by atoms with Gasteiger partial charge in [-0.25, -0.2) is 0 Å². The molecule has 0 aliphatic carbocycles. The molecule has 152 valence electrons. The van der Waals surface area contributed by atoms with Crippen molar-refractivity contribution in [1.29, 1.82) is 5.26 Å². The van der Waals surface area contributed by atoms with E-state index in [1.54, 1.807) is 7.11 Å². The van der Waals surface area contributed by atoms with Crippen LogP contribution in [0, 0.1) is 18.3 Å². The van der Waals surface area contributed by atoms with Crippen LogP contribution in [0.3, 0.4) is 0 Å². The highest BCUT2D eigenvalue weighted by Gasteiger charge is 2.34. The average Bonchev–Trinajstić information content (AvgIpc) is 3.12. The van der Waals surface area contributed by atoms with Gasteiger partial charge in [-0.05, 0) is 52.7 Å². The third kappa shape index (κ3) is 3.48. The van der Waals surface area contributed by atoms with Gasteiger partial charge in [0.05, 0.1) is 17.5 Å². The van der Waals surface area contributed by atoms with E-state index in [1.165, 1.54) is 0 Å². The molecule has 1 aliphatic heterocycles. The summed E-state index contributed by atoms with van der Waals surface area (Å²) in [5, 5.41) is 16.8. The third-order valence-corrected chi connectivity index (χ3v) is 5.64. The number of hydrogen-bond acceptors (Lipinski definition) is 6. The van der Waals surface area contributed by atoms with Crippen molar-refractivity contribution in [1.82, 2.24) is 10.2 Å². The zero-order valence-corrected chi connectivity index (χ0v) is 18.0. The second kappa shape index (κ2) is 8.13. The summed E-state index contributed by atoms with van der Waals surface area (Å²) < 4.78 is 17.9. The molecule has 1 aliphatic rings. The lowest BCUT2D eigenvalue weighted by Gasteiger charge is -2.24. The minimum Gasteiger partial charge on any atom is -0.496 e. The number of aromatic nitrogens is 2. The molecule has 0 bridgehead atoms. The summed E-state index contributed by atoms with van der Waals surface area (Å²) in [7, 11) is 1.61. The molecule has 2 aromatic carbocycles. The van der Waals surface area contributed by atoms with E-state index in [2.05, 4.69) is 32.2 Å². The Balaban J connectivity index is 1.75. The van der Waals surface area contributed by atoms with Crippen molar-refractivity contribution < 1.29 is 14.2 Å². The molecule has 1 unspecified atom stereocenters. The minimum atomic E-state index is -0.398. The average molecular weight is 467 g/mol. The molecule has 3 N–H and O–H groups in total. The van der Waals surface area contributed by atoms with Crippen LogP contribution in [0.25, 0.3) is 0 Å². The maximum atomic E-state index is 9.75. The maximum Gasteiger partial charge on any atom is 0.244 e. The number of nitrogens with zero attached hydrogens (tertiary/aromatic N) is 2. The number of nitriles is 1. The Bertz CT molecular complexity index is 1180. The van der Waals surface area contributed by atoms with E-state index < -0.39 is 5.92 Å². The molecular weight excluding hydrogens is 448 g/mol. The van der Waals surface area contributed by atoms with Crippen LogP contribution in [0.2, 0.25) is 0 Å². The Labute approximate surface area is 182 Å². The van der Waals surface area contributed by atoms with Crippen LogP contribution in [0.1, 0.15) is 28.3 Å². The van der Waals surface area contributed by atoms with Crippen molar-refractivity contribution in [2.75, 3.05) is 7.11 Å². The van der Waals surface area contributed by atoms with E-state index >= 15 is 0 Å². The van der Waals surface area contributed by atoms with Gasteiger partial charge in [0.2, 0.25) is 11.8 Å². The van der Waals surface area contributed by atoms with Gasteiger partial charge >= 0.3 is 0 Å². The first-order valence-electron chi connectivity index (χ1n) is 9.20. The Morgan fingerprint density at radius 1 is 1.27 bits per heavy atom. The topological polar surface area (TPSA) is 106 Å². The first-order chi connectivity index (χ1) is 14.5. The third-order valence-electron chi connectivity index (χ3n) is 4.99. The summed E-state index contributed by atoms with van der Waals surface area (Å²) in [6.07, 6.45) is 0. The van der Waals surface area contributed by atoms with Crippen molar-refractivity contribution in [3.63, 3.8) is 0 Å². The van der Waals surface area contributed by atoms with Gasteiger partial charge in [-0.3, -0.25) is 5.10 Å². The zero-order chi connectivity index (χ0) is 21.3. The standard InChI is InChI=1S/C22H19BrN4O3/c1-12-19-20(15(10-24)21(25)30-22(19)27-26-12)13-7-8-17(28-2)14(9-13)11-29-18-6-4-3-5-16(18)23/h3-9,20H,11,25H2,1-2H3,(H,26,27). The van der Waals surface area contributed by atoms with Crippen molar-refractivity contribution in [2.24, 2.45) is 5.73 Å². The summed E-state index contributed by atoms with van der Waals surface area (Å²) in [6, 6.07) is 15.6. The number of ether oxygens (including phenoxy) is 3. The largest absolute Gasteiger partial charge is 0.496 e. The second-order valence-corrected chi connectivity index (χ2v) is 7.64. The minimum absolute atomic E-state index is 0.0586. The Kier molecular flexibility index (Phi) is 5.38. The van der Waals surface area contributed by atoms with Crippen molar-refractivity contribution >= 4 is 15.9 Å². The van der Waals surface area contributed by atoms with Gasteiger partial charge in [0.15, 0.2) is 0 Å². The second-order valence-electron chi connectivity index (χ2n) is 6.78. The van der Waals surface area contributed by atoms with E-state index in [-0.39, 0.29) is 5.88 Å². The predicted molar refractivity (Wildman–Crippen MR) is 114 cm³/mol. The summed E-state index contributed by atoms with van der Waals surface area (Å²) >= 11 is 3.49. The molecule has 8 heteroatoms. The Morgan fingerprint density at radius 3 is 2.80 bits per heavy atom. The lowest BCUT2D eigenvalue weighted by molar-refractivity contribution is 0.294. The van der Waals surface area contributed by atoms with Crippen molar-refractivity contribution in [3.05, 3.63) is 80.8 Å². The van der Waals surface area contributed by atoms with Gasteiger partial charge in [0, 0.05) is 16.8 Å². The summed E-state index contributed by atoms with van der Waals surface area (Å²) in [6.45, 7) is 2.18. The maximum absolute atomic E-state index is 9.75. The smallest absolute Gasteiger partial charge is 0.244 e. The highest BCUT2D eigenvalue weighted by Crippen LogP contribution is 2.43. The highest BCUT2D eigenvalue weighted by atomic mass is 79.9. The normalized spacial score (nSPS) is 15.2. The van der Waals surface area contributed by atoms with Gasteiger partial charge in [0.1, 0.15) is 29.7 Å². The van der Waals surface area contributed by atoms with E-state index in [0.29, 0.717) is 23.8 Å². The number of allylic oxidation sites excluding steroid dienone is 1. The molecule has 0 saturated carbocycles. The summed E-state index contributed by atoms with van der Waals surface area (Å²) in [4.78, 5) is 0. The molecule has 3 aromatic rings. The number of nitrogens with two attached hydrogens (primary N) is 1. The molecule has 2 heterocycles. The molecule has 1 atom stereocenters. The molecule has 0 spiro atoms. The molecule has 1 aromatic heterocycles. The van der Waals surface area contributed by atoms with Gasteiger partial charge in [-0.2, -0.15) is 5.26 Å². The quantitative estimate of drug-likeness (QED) is 0.580. The number of halogens is 1. The fraction of sp³-hybridized carbons (Fsp3) is 0.182. The van der Waals surface area contributed by atoms with Crippen LogP contribution in [0.5, 0.6) is 17.4 Å². The summed E-state index contributed by atoms with van der Waals surface area (Å²) in [5.74, 6) is 1.47. The number of aryl methyl sites for hydroxylation is 1. The number of nitrogens with one attached hydrogen (secondary N) is 1. The molecule has 0 radical (unpaired) electrons. The monoisotopic (exact) mass is 466 g/mol. The highest BCUT2D eigenvalue weighted by molar-refractivity contribution is 9.10. The number of benzene rings is 2. The number of methoxy groups -OCH3 is 1. The first-order valence-corrected chi connectivity index (χ1v) is 9.99. The Hall–Kier alpha value is -3.44. The lowest BCUT2D eigenvalue weighted by Crippen LogP contribution is -2.21. The number of H-pyrrole nitrogens is 1. The van der Waals surface area contributed by atoms with E-state index in [9.17, 15) is 5.26 Å². The molecule has 7 nitrogen and oxygen atoms in total. The van der Waals surface area contributed by atoms with Gasteiger partial charge in [0.25, 0.3) is 0 Å². The van der Waals surface area contributed by atoms with Gasteiger partial charge < -0.3 is 19.9 Å². The molecular formula is C22H19BrN4O3. The number of aromatic amines is 1. The van der Waals surface area contributed by atoms with E-state index in [4.69, 9.17) is 19.9 Å². The van der Waals surface area contributed by atoms with Crippen LogP contribution in [-0.2, 0) is 6.61 Å². The molecule has 0 amide bonds. The van der Waals surface area contributed by atoms with Crippen LogP contribution >= 0.6 is 15.9 Å². The van der Waals surface area contributed by atoms with Gasteiger partial charge in [-0.15, -0.1) is 5.10 Å². The SMILES string of the molecule is COc1ccc(C2C(C#N)=C(N)Oc3n[nH]c(C)c32)cc1COc1ccccc1Br. The number of hydrogen-bond donors (Lipinski definition) is 2. The van der Waals surface area contributed by atoms with Crippen LogP contribution in [0.15, 0.2) is 58.4 Å².